The highest BCUT2D eigenvalue weighted by Gasteiger charge is 2.18. The fourth-order valence-corrected chi connectivity index (χ4v) is 1.50. The summed E-state index contributed by atoms with van der Waals surface area (Å²) in [5.41, 5.74) is 1.69. The Morgan fingerprint density at radius 1 is 1.23 bits per heavy atom. The SMILES string of the molecule is C=CCCC(C)(C)c1ccccc1. The van der Waals surface area contributed by atoms with Crippen molar-refractivity contribution in [2.24, 2.45) is 0 Å². The van der Waals surface area contributed by atoms with E-state index in [1.165, 1.54) is 12.0 Å². The Morgan fingerprint density at radius 3 is 2.38 bits per heavy atom. The third-order valence-electron chi connectivity index (χ3n) is 2.53. The molecular weight excluding hydrogens is 156 g/mol. The molecule has 0 spiro atoms. The van der Waals surface area contributed by atoms with Crippen molar-refractivity contribution in [2.45, 2.75) is 32.1 Å². The fourth-order valence-electron chi connectivity index (χ4n) is 1.50. The van der Waals surface area contributed by atoms with Gasteiger partial charge in [-0.1, -0.05) is 50.3 Å². The maximum absolute atomic E-state index is 3.76. The highest BCUT2D eigenvalue weighted by atomic mass is 14.2. The Labute approximate surface area is 81.3 Å². The van der Waals surface area contributed by atoms with E-state index in [1.807, 2.05) is 6.08 Å². The normalized spacial score (nSPS) is 11.2. The molecule has 0 aromatic heterocycles. The molecule has 1 aromatic rings. The van der Waals surface area contributed by atoms with Gasteiger partial charge in [-0.3, -0.25) is 0 Å². The van der Waals surface area contributed by atoms with E-state index in [2.05, 4.69) is 50.8 Å². The van der Waals surface area contributed by atoms with Crippen molar-refractivity contribution in [1.29, 1.82) is 0 Å². The number of hydrogen-bond donors (Lipinski definition) is 0. The van der Waals surface area contributed by atoms with Crippen LogP contribution >= 0.6 is 0 Å². The van der Waals surface area contributed by atoms with E-state index in [0.29, 0.717) is 0 Å². The lowest BCUT2D eigenvalue weighted by molar-refractivity contribution is 0.485. The zero-order chi connectivity index (χ0) is 9.73. The molecule has 0 nitrogen and oxygen atoms in total. The lowest BCUT2D eigenvalue weighted by Crippen LogP contribution is -2.16. The van der Waals surface area contributed by atoms with Gasteiger partial charge in [-0.2, -0.15) is 0 Å². The van der Waals surface area contributed by atoms with E-state index in [1.54, 1.807) is 0 Å². The average molecular weight is 174 g/mol. The Hall–Kier alpha value is -1.04. The van der Waals surface area contributed by atoms with E-state index >= 15 is 0 Å². The van der Waals surface area contributed by atoms with Crippen LogP contribution in [0.25, 0.3) is 0 Å². The number of benzene rings is 1. The first kappa shape index (κ1) is 10.0. The lowest BCUT2D eigenvalue weighted by Gasteiger charge is -2.24. The van der Waals surface area contributed by atoms with Gasteiger partial charge in [0.05, 0.1) is 0 Å². The van der Waals surface area contributed by atoms with Crippen LogP contribution in [-0.2, 0) is 5.41 Å². The summed E-state index contributed by atoms with van der Waals surface area (Å²) in [5.74, 6) is 0. The monoisotopic (exact) mass is 174 g/mol. The maximum Gasteiger partial charge on any atom is -0.0101 e. The standard InChI is InChI=1S/C13H18/c1-4-5-11-13(2,3)12-9-7-6-8-10-12/h4,6-10H,1,5,11H2,2-3H3. The zero-order valence-electron chi connectivity index (χ0n) is 8.59. The predicted octanol–water partition coefficient (Wildman–Crippen LogP) is 3.93. The van der Waals surface area contributed by atoms with Crippen LogP contribution < -0.4 is 0 Å². The van der Waals surface area contributed by atoms with Crippen molar-refractivity contribution < 1.29 is 0 Å². The second-order valence-electron chi connectivity index (χ2n) is 4.08. The van der Waals surface area contributed by atoms with Gasteiger partial charge < -0.3 is 0 Å². The van der Waals surface area contributed by atoms with E-state index < -0.39 is 0 Å². The smallest absolute Gasteiger partial charge is 0.0101 e. The van der Waals surface area contributed by atoms with Crippen LogP contribution in [0.2, 0.25) is 0 Å². The summed E-state index contributed by atoms with van der Waals surface area (Å²) in [4.78, 5) is 0. The Morgan fingerprint density at radius 2 is 1.85 bits per heavy atom. The van der Waals surface area contributed by atoms with Crippen molar-refractivity contribution in [3.63, 3.8) is 0 Å². The molecule has 0 N–H and O–H groups in total. The summed E-state index contributed by atoms with van der Waals surface area (Å²) < 4.78 is 0. The van der Waals surface area contributed by atoms with E-state index in [-0.39, 0.29) is 5.41 Å². The molecule has 0 aliphatic carbocycles. The van der Waals surface area contributed by atoms with Crippen molar-refractivity contribution in [2.75, 3.05) is 0 Å². The molecule has 1 rings (SSSR count). The molecule has 0 bridgehead atoms. The summed E-state index contributed by atoms with van der Waals surface area (Å²) in [6, 6.07) is 10.7. The topological polar surface area (TPSA) is 0 Å². The molecule has 0 saturated carbocycles. The van der Waals surface area contributed by atoms with Gasteiger partial charge in [0.2, 0.25) is 0 Å². The third-order valence-corrected chi connectivity index (χ3v) is 2.53. The fraction of sp³-hybridized carbons (Fsp3) is 0.385. The molecule has 0 radical (unpaired) electrons. The molecule has 1 aromatic carbocycles. The molecule has 0 heteroatoms. The second kappa shape index (κ2) is 4.27. The minimum absolute atomic E-state index is 0.273. The second-order valence-corrected chi connectivity index (χ2v) is 4.08. The first-order chi connectivity index (χ1) is 6.17. The van der Waals surface area contributed by atoms with Crippen LogP contribution in [0.3, 0.4) is 0 Å². The van der Waals surface area contributed by atoms with Crippen molar-refractivity contribution >= 4 is 0 Å². The van der Waals surface area contributed by atoms with Crippen molar-refractivity contribution in [1.82, 2.24) is 0 Å². The average Bonchev–Trinajstić information content (AvgIpc) is 2.16. The van der Waals surface area contributed by atoms with Gasteiger partial charge >= 0.3 is 0 Å². The molecule has 0 heterocycles. The minimum Gasteiger partial charge on any atom is -0.103 e. The summed E-state index contributed by atoms with van der Waals surface area (Å²) in [6.45, 7) is 8.32. The van der Waals surface area contributed by atoms with Gasteiger partial charge in [-0.05, 0) is 23.8 Å². The molecule has 0 amide bonds. The van der Waals surface area contributed by atoms with Crippen LogP contribution in [0.4, 0.5) is 0 Å². The molecule has 70 valence electrons. The first-order valence-corrected chi connectivity index (χ1v) is 4.83. The Kier molecular flexibility index (Phi) is 3.30. The lowest BCUT2D eigenvalue weighted by atomic mass is 9.81. The summed E-state index contributed by atoms with van der Waals surface area (Å²) >= 11 is 0. The van der Waals surface area contributed by atoms with Crippen LogP contribution in [0, 0.1) is 0 Å². The quantitative estimate of drug-likeness (QED) is 0.607. The first-order valence-electron chi connectivity index (χ1n) is 4.83. The van der Waals surface area contributed by atoms with Crippen LogP contribution in [0.5, 0.6) is 0 Å². The van der Waals surface area contributed by atoms with Crippen molar-refractivity contribution in [3.8, 4) is 0 Å². The predicted molar refractivity (Wildman–Crippen MR) is 58.9 cm³/mol. The Bertz CT molecular complexity index is 257. The number of allylic oxidation sites excluding steroid dienone is 1. The van der Waals surface area contributed by atoms with Gasteiger partial charge in [0, 0.05) is 0 Å². The molecule has 13 heavy (non-hydrogen) atoms. The van der Waals surface area contributed by atoms with Gasteiger partial charge in [0.1, 0.15) is 0 Å². The molecule has 0 atom stereocenters. The molecular formula is C13H18. The van der Waals surface area contributed by atoms with Gasteiger partial charge in [-0.25, -0.2) is 0 Å². The minimum atomic E-state index is 0.273. The number of rotatable bonds is 4. The number of hydrogen-bond acceptors (Lipinski definition) is 0. The summed E-state index contributed by atoms with van der Waals surface area (Å²) in [5, 5.41) is 0. The largest absolute Gasteiger partial charge is 0.103 e. The molecule has 0 aliphatic heterocycles. The zero-order valence-corrected chi connectivity index (χ0v) is 8.59. The van der Waals surface area contributed by atoms with E-state index in [0.717, 1.165) is 6.42 Å². The highest BCUT2D eigenvalue weighted by Crippen LogP contribution is 2.27. The van der Waals surface area contributed by atoms with Gasteiger partial charge in [-0.15, -0.1) is 6.58 Å². The van der Waals surface area contributed by atoms with Gasteiger partial charge in [0.15, 0.2) is 0 Å². The molecule has 0 unspecified atom stereocenters. The van der Waals surface area contributed by atoms with Crippen LogP contribution in [-0.4, -0.2) is 0 Å². The Balaban J connectivity index is 2.74. The summed E-state index contributed by atoms with van der Waals surface area (Å²) in [6.07, 6.45) is 4.24. The molecule has 0 fully saturated rings. The van der Waals surface area contributed by atoms with E-state index in [9.17, 15) is 0 Å². The third kappa shape index (κ3) is 2.73. The van der Waals surface area contributed by atoms with Gasteiger partial charge in [0.25, 0.3) is 0 Å². The van der Waals surface area contributed by atoms with Crippen LogP contribution in [0.1, 0.15) is 32.3 Å². The molecule has 0 saturated heterocycles. The summed E-state index contributed by atoms with van der Waals surface area (Å²) in [7, 11) is 0. The highest BCUT2D eigenvalue weighted by molar-refractivity contribution is 5.23. The molecule has 0 aliphatic rings. The van der Waals surface area contributed by atoms with Crippen LogP contribution in [0.15, 0.2) is 43.0 Å². The van der Waals surface area contributed by atoms with E-state index in [4.69, 9.17) is 0 Å². The maximum atomic E-state index is 3.76. The van der Waals surface area contributed by atoms with Crippen molar-refractivity contribution in [3.05, 3.63) is 48.6 Å².